The van der Waals surface area contributed by atoms with Crippen LogP contribution in [0, 0.1) is 6.92 Å². The zero-order chi connectivity index (χ0) is 28.0. The van der Waals surface area contributed by atoms with Crippen molar-refractivity contribution in [1.82, 2.24) is 24.9 Å². The third-order valence-corrected chi connectivity index (χ3v) is 8.79. The molecule has 3 aromatic heterocycles. The van der Waals surface area contributed by atoms with Crippen molar-refractivity contribution in [2.75, 3.05) is 6.54 Å². The maximum atomic E-state index is 12.1. The highest BCUT2D eigenvalue weighted by Gasteiger charge is 2.26. The number of hydrogen-bond donors (Lipinski definition) is 2. The van der Waals surface area contributed by atoms with Crippen LogP contribution >= 0.6 is 11.3 Å². The molecule has 4 heterocycles. The van der Waals surface area contributed by atoms with Crippen LogP contribution in [0.2, 0.25) is 0 Å². The summed E-state index contributed by atoms with van der Waals surface area (Å²) in [6, 6.07) is 12.0. The topological polar surface area (TPSA) is 114 Å². The molecule has 6 rings (SSSR count). The smallest absolute Gasteiger partial charge is 0.304 e. The first-order valence-electron chi connectivity index (χ1n) is 13.4. The van der Waals surface area contributed by atoms with E-state index in [1.54, 1.807) is 22.1 Å². The Bertz CT molecular complexity index is 1730. The molecule has 0 saturated heterocycles. The van der Waals surface area contributed by atoms with Crippen LogP contribution in [-0.2, 0) is 24.9 Å². The second kappa shape index (κ2) is 10.5. The van der Waals surface area contributed by atoms with Crippen LogP contribution in [0.15, 0.2) is 48.0 Å². The van der Waals surface area contributed by atoms with Gasteiger partial charge in [-0.15, -0.1) is 16.4 Å². The molecule has 9 nitrogen and oxygen atoms in total. The van der Waals surface area contributed by atoms with E-state index in [2.05, 4.69) is 50.7 Å². The van der Waals surface area contributed by atoms with Crippen molar-refractivity contribution < 1.29 is 19.7 Å². The van der Waals surface area contributed by atoms with Gasteiger partial charge in [0.25, 0.3) is 0 Å². The quantitative estimate of drug-likeness (QED) is 0.275. The van der Waals surface area contributed by atoms with Crippen LogP contribution in [0.4, 0.5) is 0 Å². The first-order valence-corrected chi connectivity index (χ1v) is 14.3. The first kappa shape index (κ1) is 26.2. The number of aromatic nitrogens is 4. The number of rotatable bonds is 7. The average Bonchev–Trinajstić information content (AvgIpc) is 3.51. The summed E-state index contributed by atoms with van der Waals surface area (Å²) < 4.78 is 9.12. The van der Waals surface area contributed by atoms with E-state index >= 15 is 0 Å². The number of thiophene rings is 1. The van der Waals surface area contributed by atoms with E-state index in [0.717, 1.165) is 50.8 Å². The number of hydrogen-bond acceptors (Lipinski definition) is 8. The summed E-state index contributed by atoms with van der Waals surface area (Å²) in [5, 5.41) is 31.6. The van der Waals surface area contributed by atoms with E-state index in [9.17, 15) is 15.0 Å². The molecular weight excluding hydrogens is 526 g/mol. The van der Waals surface area contributed by atoms with E-state index in [1.165, 1.54) is 10.9 Å². The Kier molecular flexibility index (Phi) is 6.89. The van der Waals surface area contributed by atoms with E-state index in [0.29, 0.717) is 25.4 Å². The summed E-state index contributed by atoms with van der Waals surface area (Å²) in [6.07, 6.45) is 2.22. The van der Waals surface area contributed by atoms with Crippen LogP contribution in [0.25, 0.3) is 21.1 Å². The lowest BCUT2D eigenvalue weighted by Gasteiger charge is -2.25. The monoisotopic (exact) mass is 557 g/mol. The molecule has 0 amide bonds. The highest BCUT2D eigenvalue weighted by molar-refractivity contribution is 7.17. The maximum Gasteiger partial charge on any atom is 0.304 e. The summed E-state index contributed by atoms with van der Waals surface area (Å²) in [5.74, 6) is -0.472. The number of aliphatic carboxylic acids is 1. The number of carbonyl (C=O) groups is 1. The number of aryl methyl sites for hydroxylation is 2. The minimum atomic E-state index is -0.850. The maximum absolute atomic E-state index is 12.1. The molecule has 2 aromatic carbocycles. The van der Waals surface area contributed by atoms with Crippen molar-refractivity contribution in [2.45, 2.75) is 51.8 Å². The zero-order valence-corrected chi connectivity index (χ0v) is 23.5. The van der Waals surface area contributed by atoms with Crippen LogP contribution in [0.3, 0.4) is 0 Å². The highest BCUT2D eigenvalue weighted by atomic mass is 32.1. The van der Waals surface area contributed by atoms with Gasteiger partial charge in [0.1, 0.15) is 23.1 Å². The lowest BCUT2D eigenvalue weighted by Crippen LogP contribution is -2.32. The van der Waals surface area contributed by atoms with Gasteiger partial charge in [-0.1, -0.05) is 24.3 Å². The molecule has 40 heavy (non-hydrogen) atoms. The average molecular weight is 558 g/mol. The summed E-state index contributed by atoms with van der Waals surface area (Å²) in [6.45, 7) is 6.05. The molecule has 0 radical (unpaired) electrons. The molecule has 0 fully saturated rings. The van der Waals surface area contributed by atoms with E-state index in [4.69, 9.17) is 4.74 Å². The van der Waals surface area contributed by atoms with Gasteiger partial charge in [0.2, 0.25) is 0 Å². The fraction of sp³-hybridized carbons (Fsp3) is 0.333. The van der Waals surface area contributed by atoms with Gasteiger partial charge in [0.15, 0.2) is 0 Å². The number of benzene rings is 2. The number of fused-ring (bicyclic) bond motifs is 3. The zero-order valence-electron chi connectivity index (χ0n) is 22.7. The van der Waals surface area contributed by atoms with Crippen LogP contribution in [0.5, 0.6) is 11.5 Å². The lowest BCUT2D eigenvalue weighted by molar-refractivity contribution is -0.137. The van der Waals surface area contributed by atoms with Crippen molar-refractivity contribution in [3.63, 3.8) is 0 Å². The van der Waals surface area contributed by atoms with Crippen molar-refractivity contribution in [3.8, 4) is 11.5 Å². The fourth-order valence-electron chi connectivity index (χ4n) is 5.75. The van der Waals surface area contributed by atoms with Gasteiger partial charge in [-0.25, -0.2) is 4.68 Å². The molecule has 0 bridgehead atoms. The van der Waals surface area contributed by atoms with Crippen molar-refractivity contribution in [1.29, 1.82) is 0 Å². The minimum Gasteiger partial charge on any atom is -0.506 e. The molecule has 2 N–H and O–H groups in total. The normalized spacial score (nSPS) is 16.5. The summed E-state index contributed by atoms with van der Waals surface area (Å²) >= 11 is 1.70. The Morgan fingerprint density at radius 1 is 1.25 bits per heavy atom. The van der Waals surface area contributed by atoms with Gasteiger partial charge in [-0.05, 0) is 64.6 Å². The van der Waals surface area contributed by atoms with Gasteiger partial charge < -0.3 is 14.9 Å². The SMILES string of the molecule is CC[C@@H]1CN(Cc2cc([C@H](CC(=O)O)c3ccc4c(nnn4C)c3C)cc3ccsc23)Cc2ncc(O)cc2O1. The number of carboxylic acids is 1. The van der Waals surface area contributed by atoms with Crippen LogP contribution in [-0.4, -0.2) is 53.7 Å². The van der Waals surface area contributed by atoms with Gasteiger partial charge >= 0.3 is 5.97 Å². The van der Waals surface area contributed by atoms with E-state index < -0.39 is 5.97 Å². The van der Waals surface area contributed by atoms with Gasteiger partial charge in [0, 0.05) is 43.4 Å². The van der Waals surface area contributed by atoms with Crippen LogP contribution < -0.4 is 4.74 Å². The van der Waals surface area contributed by atoms with E-state index in [1.807, 2.05) is 26.1 Å². The highest BCUT2D eigenvalue weighted by Crippen LogP contribution is 2.38. The number of ether oxygens (including phenoxy) is 1. The number of nitrogens with zero attached hydrogens (tertiary/aromatic N) is 5. The first-order chi connectivity index (χ1) is 19.3. The van der Waals surface area contributed by atoms with Gasteiger partial charge in [-0.3, -0.25) is 14.7 Å². The van der Waals surface area contributed by atoms with E-state index in [-0.39, 0.29) is 24.2 Å². The Balaban J connectivity index is 1.41. The largest absolute Gasteiger partial charge is 0.506 e. The molecule has 0 aliphatic carbocycles. The van der Waals surface area contributed by atoms with Crippen molar-refractivity contribution >= 4 is 38.4 Å². The third-order valence-electron chi connectivity index (χ3n) is 7.78. The molecule has 2 atom stereocenters. The Morgan fingerprint density at radius 3 is 2.90 bits per heavy atom. The molecule has 5 aromatic rings. The standard InChI is InChI=1S/C30H31N5O4S/c1-4-22-15-35(16-25-27(39-22)11-21(36)13-31-25)14-20-10-19(9-18-7-8-40-30(18)20)24(12-28(37)38)23-5-6-26-29(17(23)2)32-33-34(26)3/h5-11,13,22,24,36H,4,12,14-16H2,1-3H3,(H,37,38)/t22-,24+/m1/s1. The molecule has 0 unspecified atom stereocenters. The number of carboxylic acid groups (broad SMARTS) is 1. The predicted molar refractivity (Wildman–Crippen MR) is 154 cm³/mol. The Hall–Kier alpha value is -4.02. The van der Waals surface area contributed by atoms with Crippen molar-refractivity contribution in [3.05, 3.63) is 75.9 Å². The molecule has 206 valence electrons. The van der Waals surface area contributed by atoms with Gasteiger partial charge in [0.05, 0.1) is 23.8 Å². The number of aromatic hydroxyl groups is 1. The Labute approximate surface area is 235 Å². The second-order valence-corrected chi connectivity index (χ2v) is 11.4. The summed E-state index contributed by atoms with van der Waals surface area (Å²) in [7, 11) is 1.85. The predicted octanol–water partition coefficient (Wildman–Crippen LogP) is 5.37. The molecule has 1 aliphatic rings. The summed E-state index contributed by atoms with van der Waals surface area (Å²) in [4.78, 5) is 18.9. The van der Waals surface area contributed by atoms with Gasteiger partial charge in [-0.2, -0.15) is 0 Å². The fourth-order valence-corrected chi connectivity index (χ4v) is 6.64. The molecule has 1 aliphatic heterocycles. The molecule has 0 spiro atoms. The third kappa shape index (κ3) is 4.89. The molecule has 0 saturated carbocycles. The minimum absolute atomic E-state index is 0.0298. The lowest BCUT2D eigenvalue weighted by atomic mass is 9.84. The number of pyridine rings is 1. The molecule has 10 heteroatoms. The second-order valence-electron chi connectivity index (χ2n) is 10.5. The molecular formula is C30H31N5O4S. The Morgan fingerprint density at radius 2 is 2.10 bits per heavy atom. The van der Waals surface area contributed by atoms with Crippen LogP contribution in [0.1, 0.15) is 53.6 Å². The van der Waals surface area contributed by atoms with Crippen molar-refractivity contribution in [2.24, 2.45) is 7.05 Å². The summed E-state index contributed by atoms with van der Waals surface area (Å²) in [5.41, 5.74) is 6.52.